The van der Waals surface area contributed by atoms with Crippen molar-refractivity contribution in [3.05, 3.63) is 18.0 Å². The zero-order valence-corrected chi connectivity index (χ0v) is 13.6. The molecule has 1 aliphatic heterocycles. The summed E-state index contributed by atoms with van der Waals surface area (Å²) < 4.78 is 12.4. The molecule has 23 heavy (non-hydrogen) atoms. The van der Waals surface area contributed by atoms with Crippen molar-refractivity contribution in [2.75, 3.05) is 19.7 Å². The SMILES string of the molecule is CCOC(=O)N1CCC(OC(=O)[C@@H]2C[C@H]2c2cnn(C)c2)CC1. The number of hydrogen-bond donors (Lipinski definition) is 0. The number of aryl methyl sites for hydroxylation is 1. The largest absolute Gasteiger partial charge is 0.462 e. The quantitative estimate of drug-likeness (QED) is 0.789. The summed E-state index contributed by atoms with van der Waals surface area (Å²) in [6.07, 6.45) is 5.58. The molecule has 126 valence electrons. The molecule has 2 aliphatic rings. The molecule has 3 rings (SSSR count). The molecule has 2 fully saturated rings. The summed E-state index contributed by atoms with van der Waals surface area (Å²) in [4.78, 5) is 25.5. The number of piperidine rings is 1. The van der Waals surface area contributed by atoms with Crippen LogP contribution in [0.4, 0.5) is 4.79 Å². The first-order chi connectivity index (χ1) is 11.1. The molecule has 1 saturated carbocycles. The van der Waals surface area contributed by atoms with E-state index in [1.54, 1.807) is 16.5 Å². The van der Waals surface area contributed by atoms with Crippen molar-refractivity contribution in [3.63, 3.8) is 0 Å². The molecule has 0 unspecified atom stereocenters. The second-order valence-electron chi connectivity index (χ2n) is 6.22. The van der Waals surface area contributed by atoms with E-state index in [2.05, 4.69) is 5.10 Å². The maximum Gasteiger partial charge on any atom is 0.409 e. The molecule has 0 aromatic carbocycles. The Kier molecular flexibility index (Phi) is 4.54. The Morgan fingerprint density at radius 3 is 2.70 bits per heavy atom. The predicted octanol–water partition coefficient (Wildman–Crippen LogP) is 1.69. The summed E-state index contributed by atoms with van der Waals surface area (Å²) in [5.41, 5.74) is 1.10. The first kappa shape index (κ1) is 15.8. The number of hydrogen-bond acceptors (Lipinski definition) is 5. The average Bonchev–Trinajstić information content (AvgIpc) is 3.23. The van der Waals surface area contributed by atoms with Crippen LogP contribution in [0.2, 0.25) is 0 Å². The number of ether oxygens (including phenoxy) is 2. The summed E-state index contributed by atoms with van der Waals surface area (Å²) >= 11 is 0. The van der Waals surface area contributed by atoms with E-state index >= 15 is 0 Å². The number of esters is 1. The minimum atomic E-state index is -0.281. The molecule has 7 heteroatoms. The van der Waals surface area contributed by atoms with E-state index in [0.717, 1.165) is 12.0 Å². The van der Waals surface area contributed by atoms with Crippen LogP contribution < -0.4 is 0 Å². The van der Waals surface area contributed by atoms with Gasteiger partial charge in [-0.2, -0.15) is 5.10 Å². The summed E-state index contributed by atoms with van der Waals surface area (Å²) in [5, 5.41) is 4.14. The molecule has 1 amide bonds. The fourth-order valence-corrected chi connectivity index (χ4v) is 3.08. The van der Waals surface area contributed by atoms with Gasteiger partial charge in [0.25, 0.3) is 0 Å². The molecule has 0 N–H and O–H groups in total. The Hall–Kier alpha value is -2.05. The Labute approximate surface area is 135 Å². The first-order valence-corrected chi connectivity index (χ1v) is 8.19. The fourth-order valence-electron chi connectivity index (χ4n) is 3.08. The number of nitrogens with zero attached hydrogens (tertiary/aromatic N) is 3. The molecule has 0 spiro atoms. The molecule has 1 aliphatic carbocycles. The first-order valence-electron chi connectivity index (χ1n) is 8.19. The molecule has 0 bridgehead atoms. The van der Waals surface area contributed by atoms with Crippen LogP contribution in [0.25, 0.3) is 0 Å². The van der Waals surface area contributed by atoms with E-state index in [1.807, 2.05) is 19.4 Å². The minimum Gasteiger partial charge on any atom is -0.462 e. The number of carbonyl (C=O) groups excluding carboxylic acids is 2. The van der Waals surface area contributed by atoms with E-state index in [1.165, 1.54) is 0 Å². The van der Waals surface area contributed by atoms with Gasteiger partial charge in [0.2, 0.25) is 0 Å². The van der Waals surface area contributed by atoms with Gasteiger partial charge in [0.05, 0.1) is 18.7 Å². The summed E-state index contributed by atoms with van der Waals surface area (Å²) in [5.74, 6) is 0.0894. The molecule has 1 aromatic rings. The van der Waals surface area contributed by atoms with Crippen molar-refractivity contribution < 1.29 is 19.1 Å². The zero-order chi connectivity index (χ0) is 16.4. The van der Waals surface area contributed by atoms with Crippen LogP contribution in [0, 0.1) is 5.92 Å². The van der Waals surface area contributed by atoms with Gasteiger partial charge in [-0.05, 0) is 18.9 Å². The zero-order valence-electron chi connectivity index (χ0n) is 13.6. The molecule has 2 atom stereocenters. The number of likely N-dealkylation sites (tertiary alicyclic amines) is 1. The Morgan fingerprint density at radius 2 is 2.09 bits per heavy atom. The molecule has 1 saturated heterocycles. The molecule has 2 heterocycles. The number of aromatic nitrogens is 2. The third-order valence-electron chi connectivity index (χ3n) is 4.50. The van der Waals surface area contributed by atoms with Gasteiger partial charge in [0, 0.05) is 45.1 Å². The van der Waals surface area contributed by atoms with E-state index in [-0.39, 0.29) is 30.0 Å². The average molecular weight is 321 g/mol. The maximum atomic E-state index is 12.2. The van der Waals surface area contributed by atoms with Crippen LogP contribution in [-0.2, 0) is 21.3 Å². The van der Waals surface area contributed by atoms with Crippen LogP contribution in [0.15, 0.2) is 12.4 Å². The Balaban J connectivity index is 1.43. The van der Waals surface area contributed by atoms with Crippen molar-refractivity contribution >= 4 is 12.1 Å². The monoisotopic (exact) mass is 321 g/mol. The highest BCUT2D eigenvalue weighted by Crippen LogP contribution is 2.48. The minimum absolute atomic E-state index is 0.0395. The molecular weight excluding hydrogens is 298 g/mol. The van der Waals surface area contributed by atoms with Gasteiger partial charge >= 0.3 is 12.1 Å². The lowest BCUT2D eigenvalue weighted by atomic mass is 10.1. The second kappa shape index (κ2) is 6.60. The lowest BCUT2D eigenvalue weighted by Crippen LogP contribution is -2.41. The van der Waals surface area contributed by atoms with E-state index in [0.29, 0.717) is 32.5 Å². The fraction of sp³-hybridized carbons (Fsp3) is 0.688. The van der Waals surface area contributed by atoms with Crippen LogP contribution in [0.1, 0.15) is 37.7 Å². The smallest absolute Gasteiger partial charge is 0.409 e. The van der Waals surface area contributed by atoms with Crippen molar-refractivity contribution in [1.82, 2.24) is 14.7 Å². The second-order valence-corrected chi connectivity index (χ2v) is 6.22. The lowest BCUT2D eigenvalue weighted by molar-refractivity contribution is -0.152. The number of amides is 1. The van der Waals surface area contributed by atoms with Crippen LogP contribution >= 0.6 is 0 Å². The van der Waals surface area contributed by atoms with E-state index in [4.69, 9.17) is 9.47 Å². The molecule has 7 nitrogen and oxygen atoms in total. The van der Waals surface area contributed by atoms with Gasteiger partial charge in [-0.25, -0.2) is 4.79 Å². The van der Waals surface area contributed by atoms with Gasteiger partial charge in [-0.1, -0.05) is 0 Å². The standard InChI is InChI=1S/C16H23N3O4/c1-3-22-16(21)19-6-4-12(5-7-19)23-15(20)14-8-13(14)11-9-17-18(2)10-11/h9-10,12-14H,3-8H2,1-2H3/t13-,14+/m0/s1. The summed E-state index contributed by atoms with van der Waals surface area (Å²) in [6, 6.07) is 0. The summed E-state index contributed by atoms with van der Waals surface area (Å²) in [7, 11) is 1.87. The van der Waals surface area contributed by atoms with Crippen LogP contribution in [0.3, 0.4) is 0 Å². The highest BCUT2D eigenvalue weighted by molar-refractivity contribution is 5.77. The van der Waals surface area contributed by atoms with Crippen molar-refractivity contribution in [3.8, 4) is 0 Å². The highest BCUT2D eigenvalue weighted by atomic mass is 16.6. The number of carbonyl (C=O) groups is 2. The van der Waals surface area contributed by atoms with E-state index < -0.39 is 0 Å². The Bertz CT molecular complexity index is 578. The third kappa shape index (κ3) is 3.65. The lowest BCUT2D eigenvalue weighted by Gasteiger charge is -2.30. The molecular formula is C16H23N3O4. The van der Waals surface area contributed by atoms with Crippen LogP contribution in [-0.4, -0.2) is 52.5 Å². The third-order valence-corrected chi connectivity index (χ3v) is 4.50. The van der Waals surface area contributed by atoms with Gasteiger partial charge in [-0.15, -0.1) is 0 Å². The van der Waals surface area contributed by atoms with E-state index in [9.17, 15) is 9.59 Å². The summed E-state index contributed by atoms with van der Waals surface area (Å²) in [6.45, 7) is 3.33. The maximum absolute atomic E-state index is 12.2. The van der Waals surface area contributed by atoms with Crippen LogP contribution in [0.5, 0.6) is 0 Å². The van der Waals surface area contributed by atoms with Crippen molar-refractivity contribution in [1.29, 1.82) is 0 Å². The molecule has 0 radical (unpaired) electrons. The number of rotatable bonds is 4. The van der Waals surface area contributed by atoms with Gasteiger partial charge in [-0.3, -0.25) is 9.48 Å². The normalized spacial score (nSPS) is 24.3. The topological polar surface area (TPSA) is 73.7 Å². The van der Waals surface area contributed by atoms with Gasteiger partial charge < -0.3 is 14.4 Å². The van der Waals surface area contributed by atoms with Crippen molar-refractivity contribution in [2.24, 2.45) is 13.0 Å². The predicted molar refractivity (Wildman–Crippen MR) is 81.8 cm³/mol. The highest BCUT2D eigenvalue weighted by Gasteiger charge is 2.46. The Morgan fingerprint density at radius 1 is 1.35 bits per heavy atom. The van der Waals surface area contributed by atoms with Gasteiger partial charge in [0.1, 0.15) is 6.10 Å². The van der Waals surface area contributed by atoms with Crippen molar-refractivity contribution in [2.45, 2.75) is 38.2 Å². The van der Waals surface area contributed by atoms with Gasteiger partial charge in [0.15, 0.2) is 0 Å². The molecule has 1 aromatic heterocycles.